The average Bonchev–Trinajstić information content (AvgIpc) is 2.50. The highest BCUT2D eigenvalue weighted by Gasteiger charge is 2.36. The van der Waals surface area contributed by atoms with Crippen molar-refractivity contribution in [2.75, 3.05) is 38.5 Å². The fourth-order valence-electron chi connectivity index (χ4n) is 3.81. The summed E-state index contributed by atoms with van der Waals surface area (Å²) in [5.41, 5.74) is 1.94. The molecule has 1 spiro atoms. The molecule has 1 unspecified atom stereocenters. The second-order valence-electron chi connectivity index (χ2n) is 6.82. The van der Waals surface area contributed by atoms with E-state index in [0.717, 1.165) is 0 Å². The van der Waals surface area contributed by atoms with Gasteiger partial charge in [-0.25, -0.2) is 0 Å². The van der Waals surface area contributed by atoms with Gasteiger partial charge in [0.2, 0.25) is 0 Å². The number of thioether (sulfide) groups is 1. The number of benzene rings is 1. The highest BCUT2D eigenvalue weighted by atomic mass is 32.2. The maximum Gasteiger partial charge on any atom is 0.0108 e. The number of nitrogens with zero attached hydrogens (tertiary/aromatic N) is 1. The van der Waals surface area contributed by atoms with Crippen molar-refractivity contribution in [2.45, 2.75) is 37.5 Å². The summed E-state index contributed by atoms with van der Waals surface area (Å²) in [6.45, 7) is 8.48. The van der Waals surface area contributed by atoms with Gasteiger partial charge in [0.25, 0.3) is 0 Å². The van der Waals surface area contributed by atoms with Gasteiger partial charge in [-0.15, -0.1) is 11.8 Å². The van der Waals surface area contributed by atoms with E-state index in [9.17, 15) is 0 Å². The van der Waals surface area contributed by atoms with Gasteiger partial charge in [-0.1, -0.05) is 17.7 Å². The van der Waals surface area contributed by atoms with E-state index in [1.807, 2.05) is 11.8 Å². The van der Waals surface area contributed by atoms with Gasteiger partial charge < -0.3 is 10.2 Å². The third kappa shape index (κ3) is 4.24. The van der Waals surface area contributed by atoms with Crippen LogP contribution < -0.4 is 5.32 Å². The van der Waals surface area contributed by atoms with Crippen molar-refractivity contribution in [1.82, 2.24) is 10.2 Å². The second kappa shape index (κ2) is 7.17. The molecule has 2 nitrogen and oxygen atoms in total. The standard InChI is InChI=1S/C18H28N2S/c1-16-4-6-17(7-5-16)21-13-12-20-11-3-9-18(15-20)8-2-10-19-14-18/h4-7,19H,2-3,8-15H2,1H3. The van der Waals surface area contributed by atoms with Gasteiger partial charge in [0.1, 0.15) is 0 Å². The van der Waals surface area contributed by atoms with Crippen LogP contribution in [0.25, 0.3) is 0 Å². The zero-order chi connectivity index (χ0) is 14.5. The number of nitrogens with one attached hydrogen (secondary N) is 1. The molecule has 2 fully saturated rings. The third-order valence-electron chi connectivity index (χ3n) is 5.00. The average molecular weight is 305 g/mol. The van der Waals surface area contributed by atoms with Crippen molar-refractivity contribution in [3.63, 3.8) is 0 Å². The molecule has 0 bridgehead atoms. The van der Waals surface area contributed by atoms with E-state index in [0.29, 0.717) is 5.41 Å². The van der Waals surface area contributed by atoms with E-state index >= 15 is 0 Å². The van der Waals surface area contributed by atoms with Crippen molar-refractivity contribution in [3.8, 4) is 0 Å². The smallest absolute Gasteiger partial charge is 0.0108 e. The van der Waals surface area contributed by atoms with Crippen LogP contribution in [0.3, 0.4) is 0 Å². The molecule has 116 valence electrons. The molecule has 0 radical (unpaired) electrons. The van der Waals surface area contributed by atoms with Crippen molar-refractivity contribution in [1.29, 1.82) is 0 Å². The molecular formula is C18H28N2S. The predicted molar refractivity (Wildman–Crippen MR) is 92.1 cm³/mol. The van der Waals surface area contributed by atoms with Gasteiger partial charge in [0.15, 0.2) is 0 Å². The molecule has 3 rings (SSSR count). The third-order valence-corrected chi connectivity index (χ3v) is 5.99. The summed E-state index contributed by atoms with van der Waals surface area (Å²) >= 11 is 2.00. The summed E-state index contributed by atoms with van der Waals surface area (Å²) < 4.78 is 0. The van der Waals surface area contributed by atoms with E-state index in [4.69, 9.17) is 0 Å². The maximum atomic E-state index is 3.62. The first-order chi connectivity index (χ1) is 10.3. The summed E-state index contributed by atoms with van der Waals surface area (Å²) in [7, 11) is 0. The molecule has 2 aliphatic rings. The lowest BCUT2D eigenvalue weighted by atomic mass is 9.74. The van der Waals surface area contributed by atoms with Crippen LogP contribution in [0, 0.1) is 12.3 Å². The highest BCUT2D eigenvalue weighted by Crippen LogP contribution is 2.35. The molecule has 1 aromatic rings. The summed E-state index contributed by atoms with van der Waals surface area (Å²) in [6.07, 6.45) is 5.62. The summed E-state index contributed by atoms with van der Waals surface area (Å²) in [6, 6.07) is 8.93. The molecule has 1 N–H and O–H groups in total. The van der Waals surface area contributed by atoms with Crippen LogP contribution in [0.15, 0.2) is 29.2 Å². The Labute approximate surface area is 133 Å². The predicted octanol–water partition coefficient (Wildman–Crippen LogP) is 3.55. The van der Waals surface area contributed by atoms with Crippen molar-refractivity contribution in [3.05, 3.63) is 29.8 Å². The quantitative estimate of drug-likeness (QED) is 0.856. The zero-order valence-electron chi connectivity index (χ0n) is 13.2. The molecule has 0 saturated carbocycles. The van der Waals surface area contributed by atoms with Gasteiger partial charge >= 0.3 is 0 Å². The number of hydrogen-bond donors (Lipinski definition) is 1. The molecule has 2 saturated heterocycles. The van der Waals surface area contributed by atoms with E-state index in [1.54, 1.807) is 0 Å². The Kier molecular flexibility index (Phi) is 5.25. The van der Waals surface area contributed by atoms with Crippen molar-refractivity contribution >= 4 is 11.8 Å². The van der Waals surface area contributed by atoms with E-state index in [1.165, 1.54) is 74.6 Å². The molecule has 21 heavy (non-hydrogen) atoms. The lowest BCUT2D eigenvalue weighted by molar-refractivity contribution is 0.0688. The summed E-state index contributed by atoms with van der Waals surface area (Å²) in [4.78, 5) is 4.11. The number of rotatable bonds is 4. The van der Waals surface area contributed by atoms with Crippen LogP contribution in [0.4, 0.5) is 0 Å². The molecule has 0 aromatic heterocycles. The minimum Gasteiger partial charge on any atom is -0.316 e. The molecule has 2 heterocycles. The van der Waals surface area contributed by atoms with Crippen LogP contribution in [-0.2, 0) is 0 Å². The van der Waals surface area contributed by atoms with Gasteiger partial charge in [-0.05, 0) is 63.2 Å². The Morgan fingerprint density at radius 2 is 2.00 bits per heavy atom. The summed E-state index contributed by atoms with van der Waals surface area (Å²) in [5.74, 6) is 1.21. The normalized spacial score (nSPS) is 27.1. The first-order valence-electron chi connectivity index (χ1n) is 8.38. The molecule has 3 heteroatoms. The van der Waals surface area contributed by atoms with E-state index in [-0.39, 0.29) is 0 Å². The van der Waals surface area contributed by atoms with Gasteiger partial charge in [-0.2, -0.15) is 0 Å². The fraction of sp³-hybridized carbons (Fsp3) is 0.667. The molecule has 0 amide bonds. The van der Waals surface area contributed by atoms with Crippen LogP contribution in [0.1, 0.15) is 31.2 Å². The SMILES string of the molecule is Cc1ccc(SCCN2CCCC3(CCCNC3)C2)cc1. The van der Waals surface area contributed by atoms with Crippen LogP contribution in [0.5, 0.6) is 0 Å². The van der Waals surface area contributed by atoms with Gasteiger partial charge in [-0.3, -0.25) is 0 Å². The summed E-state index contributed by atoms with van der Waals surface area (Å²) in [5, 5.41) is 3.62. The lowest BCUT2D eigenvalue weighted by Crippen LogP contribution is -2.51. The van der Waals surface area contributed by atoms with Crippen molar-refractivity contribution < 1.29 is 0 Å². The minimum atomic E-state index is 0.588. The number of piperidine rings is 2. The topological polar surface area (TPSA) is 15.3 Å². The monoisotopic (exact) mass is 304 g/mol. The molecular weight excluding hydrogens is 276 g/mol. The number of hydrogen-bond acceptors (Lipinski definition) is 3. The van der Waals surface area contributed by atoms with Crippen molar-refractivity contribution in [2.24, 2.45) is 5.41 Å². The van der Waals surface area contributed by atoms with Gasteiger partial charge in [0, 0.05) is 30.3 Å². The Morgan fingerprint density at radius 1 is 1.19 bits per heavy atom. The molecule has 2 aliphatic heterocycles. The molecule has 0 aliphatic carbocycles. The van der Waals surface area contributed by atoms with E-state index < -0.39 is 0 Å². The first kappa shape index (κ1) is 15.4. The lowest BCUT2D eigenvalue weighted by Gasteiger charge is -2.45. The Bertz CT molecular complexity index is 432. The fourth-order valence-corrected chi connectivity index (χ4v) is 4.72. The Balaban J connectivity index is 1.45. The number of aryl methyl sites for hydroxylation is 1. The maximum absolute atomic E-state index is 3.62. The number of likely N-dealkylation sites (tertiary alicyclic amines) is 1. The Hall–Kier alpha value is -0.510. The van der Waals surface area contributed by atoms with E-state index in [2.05, 4.69) is 41.4 Å². The van der Waals surface area contributed by atoms with Crippen LogP contribution in [0.2, 0.25) is 0 Å². The van der Waals surface area contributed by atoms with Crippen LogP contribution >= 0.6 is 11.8 Å². The second-order valence-corrected chi connectivity index (χ2v) is 7.99. The van der Waals surface area contributed by atoms with Crippen LogP contribution in [-0.4, -0.2) is 43.4 Å². The van der Waals surface area contributed by atoms with Gasteiger partial charge in [0.05, 0.1) is 0 Å². The first-order valence-corrected chi connectivity index (χ1v) is 9.37. The molecule has 1 aromatic carbocycles. The highest BCUT2D eigenvalue weighted by molar-refractivity contribution is 7.99. The Morgan fingerprint density at radius 3 is 2.76 bits per heavy atom. The molecule has 1 atom stereocenters. The largest absolute Gasteiger partial charge is 0.316 e. The minimum absolute atomic E-state index is 0.588. The zero-order valence-corrected chi connectivity index (χ0v) is 14.1.